The number of carbonyl (C=O) groups is 1. The van der Waals surface area contributed by atoms with E-state index in [0.717, 1.165) is 9.87 Å². The summed E-state index contributed by atoms with van der Waals surface area (Å²) in [6.45, 7) is 7.00. The van der Waals surface area contributed by atoms with Crippen LogP contribution < -0.4 is 19.1 Å². The summed E-state index contributed by atoms with van der Waals surface area (Å²) in [4.78, 5) is 12.7. The van der Waals surface area contributed by atoms with Crippen LogP contribution >= 0.6 is 0 Å². The molecule has 0 saturated heterocycles. The number of anilines is 1. The molecule has 0 heterocycles. The predicted octanol–water partition coefficient (Wildman–Crippen LogP) is 3.12. The topological polar surface area (TPSA) is 84.9 Å². The van der Waals surface area contributed by atoms with Crippen molar-refractivity contribution in [1.29, 1.82) is 0 Å². The average Bonchev–Trinajstić information content (AvgIpc) is 2.64. The fraction of sp³-hybridized carbons (Fsp3) is 0.381. The molecule has 0 aliphatic carbocycles. The number of sulfonamides is 1. The van der Waals surface area contributed by atoms with Crippen LogP contribution in [0.1, 0.15) is 26.3 Å². The summed E-state index contributed by atoms with van der Waals surface area (Å²) in [5.74, 6) is 0.413. The maximum atomic E-state index is 13.4. The van der Waals surface area contributed by atoms with Gasteiger partial charge >= 0.3 is 0 Å². The third kappa shape index (κ3) is 5.63. The minimum Gasteiger partial charge on any atom is -0.493 e. The summed E-state index contributed by atoms with van der Waals surface area (Å²) in [6.07, 6.45) is 0. The molecule has 0 atom stereocenters. The Bertz CT molecular complexity index is 964. The van der Waals surface area contributed by atoms with Gasteiger partial charge in [-0.15, -0.1) is 0 Å². The number of hydrogen-bond donors (Lipinski definition) is 1. The molecule has 0 unspecified atom stereocenters. The molecule has 2 aromatic carbocycles. The van der Waals surface area contributed by atoms with E-state index in [1.54, 1.807) is 24.3 Å². The Morgan fingerprint density at radius 1 is 1.00 bits per heavy atom. The van der Waals surface area contributed by atoms with Crippen LogP contribution in [-0.2, 0) is 14.8 Å². The van der Waals surface area contributed by atoms with Crippen LogP contribution in [0.5, 0.6) is 11.5 Å². The quantitative estimate of drug-likeness (QED) is 0.744. The minimum atomic E-state index is -3.99. The molecule has 0 fully saturated rings. The van der Waals surface area contributed by atoms with Crippen LogP contribution in [0.15, 0.2) is 47.4 Å². The number of nitrogens with zero attached hydrogens (tertiary/aromatic N) is 1. The molecule has 0 bridgehead atoms. The highest BCUT2D eigenvalue weighted by atomic mass is 32.2. The third-order valence-corrected chi connectivity index (χ3v) is 5.85. The largest absolute Gasteiger partial charge is 0.493 e. The number of aryl methyl sites for hydroxylation is 1. The number of rotatable bonds is 7. The Kier molecular flexibility index (Phi) is 6.79. The number of carbonyl (C=O) groups excluding carboxylic acids is 1. The summed E-state index contributed by atoms with van der Waals surface area (Å²) >= 11 is 0. The molecule has 0 spiro atoms. The van der Waals surface area contributed by atoms with Gasteiger partial charge in [0, 0.05) is 11.6 Å². The van der Waals surface area contributed by atoms with E-state index in [1.807, 2.05) is 27.7 Å². The Morgan fingerprint density at radius 3 is 2.10 bits per heavy atom. The van der Waals surface area contributed by atoms with Crippen molar-refractivity contribution in [1.82, 2.24) is 5.32 Å². The van der Waals surface area contributed by atoms with Gasteiger partial charge in [0.05, 0.1) is 24.8 Å². The highest BCUT2D eigenvalue weighted by Gasteiger charge is 2.29. The van der Waals surface area contributed by atoms with Crippen molar-refractivity contribution in [2.45, 2.75) is 38.1 Å². The SMILES string of the molecule is COc1ccc(N(CC(=O)NC(C)(C)C)S(=O)(=O)c2ccc(C)cc2)cc1OC. The van der Waals surface area contributed by atoms with Gasteiger partial charge in [-0.3, -0.25) is 9.10 Å². The Balaban J connectivity index is 2.54. The zero-order valence-corrected chi connectivity index (χ0v) is 18.5. The molecule has 0 aliphatic rings. The summed E-state index contributed by atoms with van der Waals surface area (Å²) in [5, 5.41) is 2.80. The zero-order chi connectivity index (χ0) is 21.8. The minimum absolute atomic E-state index is 0.0986. The molecule has 1 amide bonds. The molecule has 1 N–H and O–H groups in total. The maximum absolute atomic E-state index is 13.4. The Hall–Kier alpha value is -2.74. The number of ether oxygens (including phenoxy) is 2. The van der Waals surface area contributed by atoms with Gasteiger partial charge in [0.25, 0.3) is 10.0 Å². The van der Waals surface area contributed by atoms with Crippen molar-refractivity contribution >= 4 is 21.6 Å². The number of benzene rings is 2. The first kappa shape index (κ1) is 22.5. The van der Waals surface area contributed by atoms with Gasteiger partial charge < -0.3 is 14.8 Å². The maximum Gasteiger partial charge on any atom is 0.264 e. The Morgan fingerprint density at radius 2 is 1.59 bits per heavy atom. The molecular weight excluding hydrogens is 392 g/mol. The molecule has 7 nitrogen and oxygen atoms in total. The second-order valence-electron chi connectivity index (χ2n) is 7.66. The number of amides is 1. The highest BCUT2D eigenvalue weighted by Crippen LogP contribution is 2.33. The van der Waals surface area contributed by atoms with E-state index in [0.29, 0.717) is 17.2 Å². The van der Waals surface area contributed by atoms with Crippen LogP contribution in [0, 0.1) is 6.92 Å². The number of methoxy groups -OCH3 is 2. The van der Waals surface area contributed by atoms with Crippen LogP contribution in [0.2, 0.25) is 0 Å². The fourth-order valence-corrected chi connectivity index (χ4v) is 4.13. The number of nitrogens with one attached hydrogen (secondary N) is 1. The van der Waals surface area contributed by atoms with Crippen molar-refractivity contribution < 1.29 is 22.7 Å². The van der Waals surface area contributed by atoms with E-state index in [1.165, 1.54) is 32.4 Å². The lowest BCUT2D eigenvalue weighted by Crippen LogP contribution is -2.47. The van der Waals surface area contributed by atoms with Gasteiger partial charge in [-0.2, -0.15) is 0 Å². The lowest BCUT2D eigenvalue weighted by Gasteiger charge is -2.27. The zero-order valence-electron chi connectivity index (χ0n) is 17.6. The van der Waals surface area contributed by atoms with Gasteiger partial charge in [-0.05, 0) is 52.0 Å². The summed E-state index contributed by atoms with van der Waals surface area (Å²) in [7, 11) is -1.03. The smallest absolute Gasteiger partial charge is 0.264 e. The number of hydrogen-bond acceptors (Lipinski definition) is 5. The van der Waals surface area contributed by atoms with Gasteiger partial charge in [0.2, 0.25) is 5.91 Å². The molecule has 0 aromatic heterocycles. The van der Waals surface area contributed by atoms with E-state index in [2.05, 4.69) is 5.32 Å². The fourth-order valence-electron chi connectivity index (χ4n) is 2.72. The van der Waals surface area contributed by atoms with Crippen molar-refractivity contribution in [3.8, 4) is 11.5 Å². The molecule has 0 aliphatic heterocycles. The summed E-state index contributed by atoms with van der Waals surface area (Å²) < 4.78 is 38.3. The second kappa shape index (κ2) is 8.73. The molecule has 8 heteroatoms. The van der Waals surface area contributed by atoms with Crippen LogP contribution in [-0.4, -0.2) is 40.6 Å². The first-order chi connectivity index (χ1) is 13.5. The molecule has 2 rings (SSSR count). The van der Waals surface area contributed by atoms with Gasteiger partial charge in [-0.25, -0.2) is 8.42 Å². The summed E-state index contributed by atoms with van der Waals surface area (Å²) in [5.41, 5.74) is 0.743. The molecule has 2 aromatic rings. The van der Waals surface area contributed by atoms with E-state index in [9.17, 15) is 13.2 Å². The normalized spacial score (nSPS) is 11.7. The highest BCUT2D eigenvalue weighted by molar-refractivity contribution is 7.92. The van der Waals surface area contributed by atoms with Gasteiger partial charge in [0.1, 0.15) is 6.54 Å². The monoisotopic (exact) mass is 420 g/mol. The molecule has 158 valence electrons. The van der Waals surface area contributed by atoms with Gasteiger partial charge in [-0.1, -0.05) is 17.7 Å². The van der Waals surface area contributed by atoms with E-state index < -0.39 is 21.5 Å². The average molecular weight is 421 g/mol. The standard InChI is InChI=1S/C21H28N2O5S/c1-15-7-10-17(11-8-15)29(25,26)23(14-20(24)22-21(2,3)4)16-9-12-18(27-5)19(13-16)28-6/h7-13H,14H2,1-6H3,(H,22,24). The molecular formula is C21H28N2O5S. The first-order valence-electron chi connectivity index (χ1n) is 9.10. The van der Waals surface area contributed by atoms with E-state index in [-0.39, 0.29) is 11.4 Å². The molecule has 0 saturated carbocycles. The van der Waals surface area contributed by atoms with E-state index in [4.69, 9.17) is 9.47 Å². The van der Waals surface area contributed by atoms with Crippen LogP contribution in [0.3, 0.4) is 0 Å². The van der Waals surface area contributed by atoms with Crippen molar-refractivity contribution in [3.05, 3.63) is 48.0 Å². The predicted molar refractivity (Wildman–Crippen MR) is 113 cm³/mol. The first-order valence-corrected chi connectivity index (χ1v) is 10.5. The van der Waals surface area contributed by atoms with Crippen LogP contribution in [0.25, 0.3) is 0 Å². The second-order valence-corrected chi connectivity index (χ2v) is 9.52. The molecule has 0 radical (unpaired) electrons. The third-order valence-electron chi connectivity index (χ3n) is 4.07. The lowest BCUT2D eigenvalue weighted by molar-refractivity contribution is -0.121. The Labute approximate surface area is 172 Å². The van der Waals surface area contributed by atoms with Crippen LogP contribution in [0.4, 0.5) is 5.69 Å². The summed E-state index contributed by atoms with van der Waals surface area (Å²) in [6, 6.07) is 11.2. The van der Waals surface area contributed by atoms with Crippen molar-refractivity contribution in [2.24, 2.45) is 0 Å². The van der Waals surface area contributed by atoms with E-state index >= 15 is 0 Å². The van der Waals surface area contributed by atoms with Crippen molar-refractivity contribution in [3.63, 3.8) is 0 Å². The molecule has 29 heavy (non-hydrogen) atoms. The lowest BCUT2D eigenvalue weighted by atomic mass is 10.1. The van der Waals surface area contributed by atoms with Crippen molar-refractivity contribution in [2.75, 3.05) is 25.1 Å². The van der Waals surface area contributed by atoms with Gasteiger partial charge in [0.15, 0.2) is 11.5 Å².